The summed E-state index contributed by atoms with van der Waals surface area (Å²) in [5.41, 5.74) is 3.39. The molecular formula is C16H15ClFN. The summed E-state index contributed by atoms with van der Waals surface area (Å²) in [5.74, 6) is 0. The van der Waals surface area contributed by atoms with E-state index in [1.807, 2.05) is 42.5 Å². The van der Waals surface area contributed by atoms with Crippen molar-refractivity contribution < 1.29 is 4.39 Å². The van der Waals surface area contributed by atoms with E-state index in [1.54, 1.807) is 0 Å². The third-order valence-corrected chi connectivity index (χ3v) is 3.97. The van der Waals surface area contributed by atoms with Gasteiger partial charge >= 0.3 is 0 Å². The average Bonchev–Trinajstić information content (AvgIpc) is 2.47. The lowest BCUT2D eigenvalue weighted by molar-refractivity contribution is 0.406. The molecule has 0 aliphatic carbocycles. The molecule has 0 fully saturated rings. The van der Waals surface area contributed by atoms with Gasteiger partial charge in [0.2, 0.25) is 0 Å². The summed E-state index contributed by atoms with van der Waals surface area (Å²) in [6.07, 6.45) is 0.954. The predicted octanol–water partition coefficient (Wildman–Crippen LogP) is 4.41. The molecule has 0 N–H and O–H groups in total. The van der Waals surface area contributed by atoms with Crippen molar-refractivity contribution in [2.24, 2.45) is 0 Å². The summed E-state index contributed by atoms with van der Waals surface area (Å²) in [6.45, 7) is 0.465. The van der Waals surface area contributed by atoms with Crippen LogP contribution >= 0.6 is 11.6 Å². The molecule has 3 heteroatoms. The van der Waals surface area contributed by atoms with Gasteiger partial charge in [0.1, 0.15) is 6.67 Å². The Morgan fingerprint density at radius 2 is 1.84 bits per heavy atom. The van der Waals surface area contributed by atoms with E-state index >= 15 is 0 Å². The first-order chi connectivity index (χ1) is 9.29. The van der Waals surface area contributed by atoms with Crippen molar-refractivity contribution in [1.82, 2.24) is 0 Å². The van der Waals surface area contributed by atoms with Gasteiger partial charge in [0, 0.05) is 17.3 Å². The topological polar surface area (TPSA) is 3.24 Å². The molecule has 98 valence electrons. The first kappa shape index (κ1) is 12.5. The zero-order valence-electron chi connectivity index (χ0n) is 10.5. The van der Waals surface area contributed by atoms with Gasteiger partial charge in [0.25, 0.3) is 0 Å². The van der Waals surface area contributed by atoms with Gasteiger partial charge in [-0.3, -0.25) is 0 Å². The minimum atomic E-state index is -0.375. The number of hydrogen-bond acceptors (Lipinski definition) is 1. The molecule has 2 aromatic carbocycles. The third-order valence-electron chi connectivity index (χ3n) is 3.72. The van der Waals surface area contributed by atoms with Crippen molar-refractivity contribution in [3.05, 3.63) is 64.7 Å². The number of hydrogen-bond donors (Lipinski definition) is 0. The van der Waals surface area contributed by atoms with Crippen molar-refractivity contribution >= 4 is 17.3 Å². The zero-order valence-corrected chi connectivity index (χ0v) is 11.3. The summed E-state index contributed by atoms with van der Waals surface area (Å²) >= 11 is 5.91. The molecular weight excluding hydrogens is 261 g/mol. The van der Waals surface area contributed by atoms with Crippen molar-refractivity contribution in [2.45, 2.75) is 12.5 Å². The van der Waals surface area contributed by atoms with E-state index < -0.39 is 0 Å². The molecule has 0 radical (unpaired) electrons. The number of fused-ring (bicyclic) bond motifs is 1. The Hall–Kier alpha value is -1.54. The highest BCUT2D eigenvalue weighted by molar-refractivity contribution is 6.30. The standard InChI is InChI=1S/C16H15ClFN/c17-13-5-7-14(8-6-13)19-10-9-12-3-1-2-4-15(12)16(19)11-18/h1-8,16H,9-11H2. The molecule has 1 aliphatic rings. The summed E-state index contributed by atoms with van der Waals surface area (Å²) in [7, 11) is 0. The molecule has 1 heterocycles. The second kappa shape index (κ2) is 5.22. The minimum absolute atomic E-state index is 0.189. The monoisotopic (exact) mass is 275 g/mol. The molecule has 0 saturated carbocycles. The van der Waals surface area contributed by atoms with Crippen LogP contribution in [-0.4, -0.2) is 13.2 Å². The molecule has 19 heavy (non-hydrogen) atoms. The normalized spacial score (nSPS) is 18.2. The molecule has 3 rings (SSSR count). The minimum Gasteiger partial charge on any atom is -0.361 e. The number of benzene rings is 2. The molecule has 1 atom stereocenters. The molecule has 1 unspecified atom stereocenters. The molecule has 1 nitrogen and oxygen atoms in total. The summed E-state index contributed by atoms with van der Waals surface area (Å²) in [6, 6.07) is 15.6. The highest BCUT2D eigenvalue weighted by Crippen LogP contribution is 2.34. The van der Waals surface area contributed by atoms with Crippen molar-refractivity contribution in [3.63, 3.8) is 0 Å². The van der Waals surface area contributed by atoms with E-state index in [2.05, 4.69) is 11.0 Å². The van der Waals surface area contributed by atoms with E-state index in [1.165, 1.54) is 5.56 Å². The van der Waals surface area contributed by atoms with Gasteiger partial charge in [-0.25, -0.2) is 4.39 Å². The Balaban J connectivity index is 1.98. The van der Waals surface area contributed by atoms with Crippen molar-refractivity contribution in [3.8, 4) is 0 Å². The highest BCUT2D eigenvalue weighted by atomic mass is 35.5. The fourth-order valence-corrected chi connectivity index (χ4v) is 2.89. The third kappa shape index (κ3) is 2.33. The molecule has 0 aromatic heterocycles. The van der Waals surface area contributed by atoms with Gasteiger partial charge in [0.15, 0.2) is 0 Å². The summed E-state index contributed by atoms with van der Waals surface area (Å²) in [4.78, 5) is 2.12. The lowest BCUT2D eigenvalue weighted by Crippen LogP contribution is -2.36. The maximum absolute atomic E-state index is 13.5. The van der Waals surface area contributed by atoms with E-state index in [4.69, 9.17) is 11.6 Å². The fourth-order valence-electron chi connectivity index (χ4n) is 2.76. The van der Waals surface area contributed by atoms with Crippen LogP contribution in [0.25, 0.3) is 0 Å². The summed E-state index contributed by atoms with van der Waals surface area (Å²) in [5, 5.41) is 0.706. The largest absolute Gasteiger partial charge is 0.361 e. The second-order valence-corrected chi connectivity index (χ2v) is 5.23. The molecule has 0 saturated heterocycles. The van der Waals surface area contributed by atoms with Crippen LogP contribution in [0.2, 0.25) is 5.02 Å². The molecule has 0 spiro atoms. The Labute approximate surface area is 117 Å². The second-order valence-electron chi connectivity index (χ2n) is 4.79. The van der Waals surface area contributed by atoms with Crippen LogP contribution < -0.4 is 4.90 Å². The van der Waals surface area contributed by atoms with Crippen LogP contribution in [-0.2, 0) is 6.42 Å². The number of rotatable bonds is 2. The van der Waals surface area contributed by atoms with Gasteiger partial charge in [-0.15, -0.1) is 0 Å². The Morgan fingerprint density at radius 3 is 2.58 bits per heavy atom. The van der Waals surface area contributed by atoms with Crippen LogP contribution in [0, 0.1) is 0 Å². The number of anilines is 1. The van der Waals surface area contributed by atoms with E-state index in [-0.39, 0.29) is 12.7 Å². The predicted molar refractivity (Wildman–Crippen MR) is 77.7 cm³/mol. The lowest BCUT2D eigenvalue weighted by Gasteiger charge is -2.37. The average molecular weight is 276 g/mol. The van der Waals surface area contributed by atoms with Crippen LogP contribution in [0.3, 0.4) is 0 Å². The van der Waals surface area contributed by atoms with E-state index in [9.17, 15) is 4.39 Å². The maximum Gasteiger partial charge on any atom is 0.114 e. The van der Waals surface area contributed by atoms with Gasteiger partial charge in [-0.05, 0) is 41.8 Å². The Bertz CT molecular complexity index is 567. The zero-order chi connectivity index (χ0) is 13.2. The van der Waals surface area contributed by atoms with E-state index in [0.29, 0.717) is 5.02 Å². The quantitative estimate of drug-likeness (QED) is 0.784. The first-order valence-electron chi connectivity index (χ1n) is 6.45. The number of nitrogens with zero attached hydrogens (tertiary/aromatic N) is 1. The van der Waals surface area contributed by atoms with Crippen molar-refractivity contribution in [1.29, 1.82) is 0 Å². The highest BCUT2D eigenvalue weighted by Gasteiger charge is 2.27. The number of halogens is 2. The smallest absolute Gasteiger partial charge is 0.114 e. The van der Waals surface area contributed by atoms with E-state index in [0.717, 1.165) is 24.2 Å². The van der Waals surface area contributed by atoms with Gasteiger partial charge < -0.3 is 4.90 Å². The SMILES string of the molecule is FCC1c2ccccc2CCN1c1ccc(Cl)cc1. The van der Waals surface area contributed by atoms with Crippen LogP contribution in [0.1, 0.15) is 17.2 Å². The first-order valence-corrected chi connectivity index (χ1v) is 6.83. The van der Waals surface area contributed by atoms with Crippen LogP contribution in [0.4, 0.5) is 10.1 Å². The number of alkyl halides is 1. The van der Waals surface area contributed by atoms with Gasteiger partial charge in [-0.1, -0.05) is 35.9 Å². The van der Waals surface area contributed by atoms with Gasteiger partial charge in [0.05, 0.1) is 6.04 Å². The van der Waals surface area contributed by atoms with Crippen molar-refractivity contribution in [2.75, 3.05) is 18.1 Å². The van der Waals surface area contributed by atoms with Gasteiger partial charge in [-0.2, -0.15) is 0 Å². The maximum atomic E-state index is 13.5. The Morgan fingerprint density at radius 1 is 1.11 bits per heavy atom. The molecule has 0 amide bonds. The summed E-state index contributed by atoms with van der Waals surface area (Å²) < 4.78 is 13.5. The lowest BCUT2D eigenvalue weighted by atomic mass is 9.93. The molecule has 1 aliphatic heterocycles. The van der Waals surface area contributed by atoms with Crippen LogP contribution in [0.5, 0.6) is 0 Å². The molecule has 0 bridgehead atoms. The fraction of sp³-hybridized carbons (Fsp3) is 0.250. The Kier molecular flexibility index (Phi) is 3.43. The molecule has 2 aromatic rings. The van der Waals surface area contributed by atoms with Crippen LogP contribution in [0.15, 0.2) is 48.5 Å².